The maximum Gasteiger partial charge on any atom is 0.122 e. The van der Waals surface area contributed by atoms with Crippen molar-refractivity contribution in [1.29, 1.82) is 0 Å². The van der Waals surface area contributed by atoms with Gasteiger partial charge in [-0.2, -0.15) is 0 Å². The highest BCUT2D eigenvalue weighted by molar-refractivity contribution is 7.09. The predicted octanol–water partition coefficient (Wildman–Crippen LogP) is 1.61. The van der Waals surface area contributed by atoms with Crippen LogP contribution in [0.15, 0.2) is 17.8 Å². The summed E-state index contributed by atoms with van der Waals surface area (Å²) in [6, 6.07) is 0. The molecular formula is C17H25N5OS. The molecule has 1 fully saturated rings. The first-order valence-electron chi connectivity index (χ1n) is 8.70. The van der Waals surface area contributed by atoms with Gasteiger partial charge in [0.15, 0.2) is 0 Å². The van der Waals surface area contributed by atoms with Crippen molar-refractivity contribution in [2.45, 2.75) is 26.6 Å². The third-order valence-corrected chi connectivity index (χ3v) is 5.63. The second-order valence-corrected chi connectivity index (χ2v) is 7.86. The molecule has 0 saturated carbocycles. The molecule has 7 heteroatoms. The van der Waals surface area contributed by atoms with Crippen LogP contribution in [-0.2, 0) is 24.4 Å². The molecule has 0 N–H and O–H groups in total. The van der Waals surface area contributed by atoms with Crippen LogP contribution in [0.25, 0.3) is 0 Å². The molecule has 0 aromatic carbocycles. The molecule has 2 aromatic heterocycles. The minimum absolute atomic E-state index is 0.610. The van der Waals surface area contributed by atoms with Crippen LogP contribution in [0.2, 0.25) is 0 Å². The molecule has 4 heterocycles. The highest BCUT2D eigenvalue weighted by atomic mass is 32.1. The van der Waals surface area contributed by atoms with E-state index in [0.717, 1.165) is 64.0 Å². The summed E-state index contributed by atoms with van der Waals surface area (Å²) in [5.74, 6) is 1.78. The zero-order valence-corrected chi connectivity index (χ0v) is 15.0. The van der Waals surface area contributed by atoms with E-state index >= 15 is 0 Å². The second-order valence-electron chi connectivity index (χ2n) is 6.80. The van der Waals surface area contributed by atoms with E-state index < -0.39 is 0 Å². The van der Waals surface area contributed by atoms with E-state index in [1.165, 1.54) is 11.5 Å². The predicted molar refractivity (Wildman–Crippen MR) is 93.9 cm³/mol. The lowest BCUT2D eigenvalue weighted by molar-refractivity contribution is 0.0265. The molecule has 1 saturated heterocycles. The summed E-state index contributed by atoms with van der Waals surface area (Å²) < 4.78 is 7.82. The van der Waals surface area contributed by atoms with Gasteiger partial charge in [-0.05, 0) is 6.92 Å². The number of hydrogen-bond acceptors (Lipinski definition) is 6. The van der Waals surface area contributed by atoms with Crippen LogP contribution in [0.5, 0.6) is 0 Å². The summed E-state index contributed by atoms with van der Waals surface area (Å²) >= 11 is 1.73. The Morgan fingerprint density at radius 3 is 2.92 bits per heavy atom. The van der Waals surface area contributed by atoms with Gasteiger partial charge in [-0.25, -0.2) is 9.97 Å². The number of aryl methyl sites for hydroxylation is 1. The van der Waals surface area contributed by atoms with Gasteiger partial charge >= 0.3 is 0 Å². The summed E-state index contributed by atoms with van der Waals surface area (Å²) in [7, 11) is 0. The topological polar surface area (TPSA) is 46.4 Å². The number of hydrogen-bond donors (Lipinski definition) is 0. The smallest absolute Gasteiger partial charge is 0.122 e. The third kappa shape index (κ3) is 3.85. The SMILES string of the molecule is Cc1nc(CN2Cc3nccn3C[C@@H](CN3CCOCC3)C2)cs1. The van der Waals surface area contributed by atoms with Gasteiger partial charge in [-0.15, -0.1) is 11.3 Å². The first kappa shape index (κ1) is 16.2. The van der Waals surface area contributed by atoms with Gasteiger partial charge in [0.1, 0.15) is 5.82 Å². The van der Waals surface area contributed by atoms with Gasteiger partial charge in [0.05, 0.1) is 30.5 Å². The molecule has 6 nitrogen and oxygen atoms in total. The molecule has 24 heavy (non-hydrogen) atoms. The van der Waals surface area contributed by atoms with Gasteiger partial charge in [0.25, 0.3) is 0 Å². The van der Waals surface area contributed by atoms with Gasteiger partial charge in [0.2, 0.25) is 0 Å². The van der Waals surface area contributed by atoms with E-state index in [9.17, 15) is 0 Å². The van der Waals surface area contributed by atoms with E-state index in [2.05, 4.69) is 42.8 Å². The van der Waals surface area contributed by atoms with E-state index in [-0.39, 0.29) is 0 Å². The van der Waals surface area contributed by atoms with Crippen LogP contribution in [0.4, 0.5) is 0 Å². The lowest BCUT2D eigenvalue weighted by Crippen LogP contribution is -2.42. The molecular weight excluding hydrogens is 322 g/mol. The van der Waals surface area contributed by atoms with Gasteiger partial charge < -0.3 is 9.30 Å². The summed E-state index contributed by atoms with van der Waals surface area (Å²) in [6.45, 7) is 11.0. The van der Waals surface area contributed by atoms with Crippen molar-refractivity contribution in [2.75, 3.05) is 39.4 Å². The number of rotatable bonds is 4. The minimum Gasteiger partial charge on any atom is -0.379 e. The monoisotopic (exact) mass is 347 g/mol. The van der Waals surface area contributed by atoms with Gasteiger partial charge in [-0.1, -0.05) is 0 Å². The molecule has 0 amide bonds. The van der Waals surface area contributed by atoms with Crippen LogP contribution < -0.4 is 0 Å². The Balaban J connectivity index is 1.47. The standard InChI is InChI=1S/C17H25N5OS/c1-14-19-16(13-24-14)11-21-9-15(8-20-4-6-23-7-5-20)10-22-3-2-18-17(22)12-21/h2-3,13,15H,4-12H2,1H3/t15-/m0/s1. The summed E-state index contributed by atoms with van der Waals surface area (Å²) in [5, 5.41) is 3.33. The van der Waals surface area contributed by atoms with Crippen LogP contribution in [0, 0.1) is 12.8 Å². The summed E-state index contributed by atoms with van der Waals surface area (Å²) in [5.41, 5.74) is 1.18. The molecule has 0 aliphatic carbocycles. The van der Waals surface area contributed by atoms with Gasteiger partial charge in [-0.3, -0.25) is 9.80 Å². The Bertz CT molecular complexity index is 663. The number of imidazole rings is 1. The van der Waals surface area contributed by atoms with Crippen molar-refractivity contribution >= 4 is 11.3 Å². The van der Waals surface area contributed by atoms with Crippen LogP contribution >= 0.6 is 11.3 Å². The molecule has 2 aliphatic rings. The van der Waals surface area contributed by atoms with Crippen molar-refractivity contribution in [2.24, 2.45) is 5.92 Å². The highest BCUT2D eigenvalue weighted by Gasteiger charge is 2.25. The van der Waals surface area contributed by atoms with E-state index in [4.69, 9.17) is 4.74 Å². The maximum atomic E-state index is 5.49. The fourth-order valence-electron chi connectivity index (χ4n) is 3.72. The normalized spacial score (nSPS) is 23.1. The Morgan fingerprint density at radius 2 is 2.12 bits per heavy atom. The lowest BCUT2D eigenvalue weighted by atomic mass is 10.1. The quantitative estimate of drug-likeness (QED) is 0.841. The molecule has 0 radical (unpaired) electrons. The highest BCUT2D eigenvalue weighted by Crippen LogP contribution is 2.20. The third-order valence-electron chi connectivity index (χ3n) is 4.81. The average molecular weight is 347 g/mol. The Labute approximate surface area is 147 Å². The Hall–Kier alpha value is -1.28. The number of thiazole rings is 1. The molecule has 130 valence electrons. The molecule has 4 rings (SSSR count). The average Bonchev–Trinajstić information content (AvgIpc) is 3.14. The molecule has 2 aliphatic heterocycles. The molecule has 2 aromatic rings. The fraction of sp³-hybridized carbons (Fsp3) is 0.647. The van der Waals surface area contributed by atoms with Crippen LogP contribution in [0.1, 0.15) is 16.5 Å². The number of fused-ring (bicyclic) bond motifs is 1. The first-order chi connectivity index (χ1) is 11.8. The van der Waals surface area contributed by atoms with Crippen molar-refractivity contribution in [3.05, 3.63) is 34.3 Å². The van der Waals surface area contributed by atoms with Crippen LogP contribution in [0.3, 0.4) is 0 Å². The number of ether oxygens (including phenoxy) is 1. The van der Waals surface area contributed by atoms with Crippen LogP contribution in [-0.4, -0.2) is 63.7 Å². The van der Waals surface area contributed by atoms with Crippen molar-refractivity contribution in [1.82, 2.24) is 24.3 Å². The first-order valence-corrected chi connectivity index (χ1v) is 9.58. The Morgan fingerprint density at radius 1 is 1.25 bits per heavy atom. The number of nitrogens with zero attached hydrogens (tertiary/aromatic N) is 5. The molecule has 0 bridgehead atoms. The minimum atomic E-state index is 0.610. The second kappa shape index (κ2) is 7.31. The van der Waals surface area contributed by atoms with E-state index in [0.29, 0.717) is 5.92 Å². The van der Waals surface area contributed by atoms with E-state index in [1.54, 1.807) is 11.3 Å². The zero-order chi connectivity index (χ0) is 16.4. The van der Waals surface area contributed by atoms with Crippen molar-refractivity contribution in [3.63, 3.8) is 0 Å². The lowest BCUT2D eigenvalue weighted by Gasteiger charge is -2.31. The maximum absolute atomic E-state index is 5.49. The number of morpholine rings is 1. The summed E-state index contributed by atoms with van der Waals surface area (Å²) in [6.07, 6.45) is 4.05. The molecule has 0 spiro atoms. The van der Waals surface area contributed by atoms with E-state index in [1.807, 2.05) is 6.20 Å². The molecule has 1 atom stereocenters. The largest absolute Gasteiger partial charge is 0.379 e. The van der Waals surface area contributed by atoms with Crippen molar-refractivity contribution < 1.29 is 4.74 Å². The number of aromatic nitrogens is 3. The van der Waals surface area contributed by atoms with Crippen molar-refractivity contribution in [3.8, 4) is 0 Å². The Kier molecular flexibility index (Phi) is 4.93. The fourth-order valence-corrected chi connectivity index (χ4v) is 4.32. The molecule has 0 unspecified atom stereocenters. The summed E-state index contributed by atoms with van der Waals surface area (Å²) in [4.78, 5) is 14.3. The zero-order valence-electron chi connectivity index (χ0n) is 14.2. The van der Waals surface area contributed by atoms with Gasteiger partial charge in [0, 0.05) is 63.0 Å².